The Morgan fingerprint density at radius 2 is 1.76 bits per heavy atom. The van der Waals surface area contributed by atoms with Gasteiger partial charge in [-0.15, -0.1) is 10.2 Å². The van der Waals surface area contributed by atoms with Gasteiger partial charge in [-0.3, -0.25) is 4.79 Å². The molecule has 1 saturated heterocycles. The number of rotatable bonds is 6. The molecule has 0 saturated carbocycles. The Morgan fingerprint density at radius 1 is 0.939 bits per heavy atom. The fraction of sp³-hybridized carbons (Fsp3) is 0.192. The largest absolute Gasteiger partial charge is 0.463 e. The molecule has 7 nitrogen and oxygen atoms in total. The molecule has 1 aliphatic rings. The maximum atomic E-state index is 12.9. The quantitative estimate of drug-likeness (QED) is 0.433. The molecule has 5 rings (SSSR count). The van der Waals surface area contributed by atoms with E-state index in [2.05, 4.69) is 20.4 Å². The third kappa shape index (κ3) is 5.03. The van der Waals surface area contributed by atoms with Crippen molar-refractivity contribution in [3.63, 3.8) is 0 Å². The Labute approximate surface area is 192 Å². The van der Waals surface area contributed by atoms with Crippen molar-refractivity contribution in [3.05, 3.63) is 85.1 Å². The van der Waals surface area contributed by atoms with E-state index < -0.39 is 0 Å². The highest BCUT2D eigenvalue weighted by Crippen LogP contribution is 2.26. The minimum atomic E-state index is -0.120. The highest BCUT2D eigenvalue weighted by atomic mass is 16.5. The SMILES string of the molecule is O=C(Nc1ccc(Oc2ccccc2)cc1)C1CCCN(c2ccc(-c3ccco3)nn2)C1. The fourth-order valence-electron chi connectivity index (χ4n) is 3.92. The Balaban J connectivity index is 1.18. The van der Waals surface area contributed by atoms with Gasteiger partial charge < -0.3 is 19.4 Å². The molecule has 0 aliphatic carbocycles. The lowest BCUT2D eigenvalue weighted by Crippen LogP contribution is -2.41. The molecular weight excluding hydrogens is 416 g/mol. The van der Waals surface area contributed by atoms with Crippen molar-refractivity contribution in [1.82, 2.24) is 10.2 Å². The minimum Gasteiger partial charge on any atom is -0.463 e. The van der Waals surface area contributed by atoms with Crippen LogP contribution >= 0.6 is 0 Å². The number of nitrogens with zero attached hydrogens (tertiary/aromatic N) is 3. The van der Waals surface area contributed by atoms with E-state index in [1.807, 2.05) is 78.9 Å². The molecule has 33 heavy (non-hydrogen) atoms. The topological polar surface area (TPSA) is 80.5 Å². The molecule has 166 valence electrons. The van der Waals surface area contributed by atoms with Crippen molar-refractivity contribution in [1.29, 1.82) is 0 Å². The molecular formula is C26H24N4O3. The first-order chi connectivity index (χ1) is 16.2. The summed E-state index contributed by atoms with van der Waals surface area (Å²) in [6.07, 6.45) is 3.38. The van der Waals surface area contributed by atoms with E-state index in [0.717, 1.165) is 42.4 Å². The van der Waals surface area contributed by atoms with Gasteiger partial charge in [-0.2, -0.15) is 0 Å². The Bertz CT molecular complexity index is 1180. The van der Waals surface area contributed by atoms with Crippen molar-refractivity contribution in [2.24, 2.45) is 5.92 Å². The number of nitrogens with one attached hydrogen (secondary N) is 1. The Kier molecular flexibility index (Phi) is 6.01. The minimum absolute atomic E-state index is 0.0107. The molecule has 1 fully saturated rings. The van der Waals surface area contributed by atoms with Crippen molar-refractivity contribution in [3.8, 4) is 23.0 Å². The van der Waals surface area contributed by atoms with Crippen LogP contribution in [0.5, 0.6) is 11.5 Å². The maximum Gasteiger partial charge on any atom is 0.229 e. The molecule has 1 amide bonds. The standard InChI is InChI=1S/C26H24N4O3/c31-26(27-20-10-12-22(13-11-20)33-21-7-2-1-3-8-21)19-6-4-16-30(18-19)25-15-14-23(28-29-25)24-9-5-17-32-24/h1-3,5,7-15,17,19H,4,6,16,18H2,(H,27,31). The molecule has 0 radical (unpaired) electrons. The fourth-order valence-corrected chi connectivity index (χ4v) is 3.92. The van der Waals surface area contributed by atoms with Gasteiger partial charge >= 0.3 is 0 Å². The molecule has 1 atom stereocenters. The van der Waals surface area contributed by atoms with Crippen LogP contribution in [0.15, 0.2) is 89.5 Å². The highest BCUT2D eigenvalue weighted by Gasteiger charge is 2.27. The number of hydrogen-bond acceptors (Lipinski definition) is 6. The van der Waals surface area contributed by atoms with Crippen LogP contribution in [0, 0.1) is 5.92 Å². The first kappa shape index (κ1) is 20.8. The van der Waals surface area contributed by atoms with E-state index in [1.54, 1.807) is 6.26 Å². The average molecular weight is 441 g/mol. The van der Waals surface area contributed by atoms with Crippen LogP contribution in [0.25, 0.3) is 11.5 Å². The molecule has 1 N–H and O–H groups in total. The molecule has 0 bridgehead atoms. The highest BCUT2D eigenvalue weighted by molar-refractivity contribution is 5.93. The van der Waals surface area contributed by atoms with Crippen LogP contribution in [0.4, 0.5) is 11.5 Å². The predicted molar refractivity (Wildman–Crippen MR) is 126 cm³/mol. The van der Waals surface area contributed by atoms with E-state index in [9.17, 15) is 4.79 Å². The summed E-state index contributed by atoms with van der Waals surface area (Å²) in [5.41, 5.74) is 1.44. The number of amides is 1. The van der Waals surface area contributed by atoms with Crippen LogP contribution in [-0.4, -0.2) is 29.2 Å². The summed E-state index contributed by atoms with van der Waals surface area (Å²) < 4.78 is 11.2. The average Bonchev–Trinajstić information content (AvgIpc) is 3.41. The number of hydrogen-bond donors (Lipinski definition) is 1. The number of carbonyl (C=O) groups excluding carboxylic acids is 1. The number of aromatic nitrogens is 2. The van der Waals surface area contributed by atoms with Gasteiger partial charge in [0.1, 0.15) is 17.2 Å². The second-order valence-corrected chi connectivity index (χ2v) is 7.97. The second kappa shape index (κ2) is 9.56. The van der Waals surface area contributed by atoms with Crippen LogP contribution < -0.4 is 15.0 Å². The van der Waals surface area contributed by atoms with Gasteiger partial charge in [0.15, 0.2) is 11.6 Å². The maximum absolute atomic E-state index is 12.9. The summed E-state index contributed by atoms with van der Waals surface area (Å²) in [6.45, 7) is 1.46. The first-order valence-electron chi connectivity index (χ1n) is 11.0. The second-order valence-electron chi connectivity index (χ2n) is 7.97. The van der Waals surface area contributed by atoms with Gasteiger partial charge in [-0.05, 0) is 73.5 Å². The summed E-state index contributed by atoms with van der Waals surface area (Å²) in [6, 6.07) is 24.5. The van der Waals surface area contributed by atoms with Gasteiger partial charge in [-0.25, -0.2) is 0 Å². The number of furan rings is 1. The normalized spacial score (nSPS) is 15.8. The van der Waals surface area contributed by atoms with E-state index >= 15 is 0 Å². The zero-order chi connectivity index (χ0) is 22.5. The van der Waals surface area contributed by atoms with Crippen molar-refractivity contribution < 1.29 is 13.9 Å². The number of benzene rings is 2. The third-order valence-corrected chi connectivity index (χ3v) is 5.64. The molecule has 0 spiro atoms. The third-order valence-electron chi connectivity index (χ3n) is 5.64. The van der Waals surface area contributed by atoms with Gasteiger partial charge in [0.2, 0.25) is 5.91 Å². The summed E-state index contributed by atoms with van der Waals surface area (Å²) in [5, 5.41) is 11.7. The molecule has 3 heterocycles. The Hall–Kier alpha value is -4.13. The van der Waals surface area contributed by atoms with E-state index in [4.69, 9.17) is 9.15 Å². The van der Waals surface area contributed by atoms with Gasteiger partial charge in [0.25, 0.3) is 0 Å². The van der Waals surface area contributed by atoms with Crippen LogP contribution in [-0.2, 0) is 4.79 Å². The Morgan fingerprint density at radius 3 is 2.48 bits per heavy atom. The van der Waals surface area contributed by atoms with E-state index in [1.165, 1.54) is 0 Å². The summed E-state index contributed by atoms with van der Waals surface area (Å²) in [5.74, 6) is 2.84. The lowest BCUT2D eigenvalue weighted by atomic mass is 9.97. The van der Waals surface area contributed by atoms with Crippen LogP contribution in [0.1, 0.15) is 12.8 Å². The number of anilines is 2. The molecule has 1 aliphatic heterocycles. The molecule has 7 heteroatoms. The van der Waals surface area contributed by atoms with Crippen LogP contribution in [0.2, 0.25) is 0 Å². The van der Waals surface area contributed by atoms with Gasteiger partial charge in [0, 0.05) is 18.8 Å². The zero-order valence-corrected chi connectivity index (χ0v) is 18.1. The molecule has 2 aromatic carbocycles. The lowest BCUT2D eigenvalue weighted by molar-refractivity contribution is -0.120. The predicted octanol–water partition coefficient (Wildman–Crippen LogP) is 5.38. The summed E-state index contributed by atoms with van der Waals surface area (Å²) in [7, 11) is 0. The van der Waals surface area contributed by atoms with E-state index in [0.29, 0.717) is 18.0 Å². The van der Waals surface area contributed by atoms with Crippen molar-refractivity contribution in [2.45, 2.75) is 12.8 Å². The van der Waals surface area contributed by atoms with Crippen molar-refractivity contribution in [2.75, 3.05) is 23.3 Å². The first-order valence-corrected chi connectivity index (χ1v) is 11.0. The molecule has 2 aromatic heterocycles. The van der Waals surface area contributed by atoms with Crippen molar-refractivity contribution >= 4 is 17.4 Å². The smallest absolute Gasteiger partial charge is 0.229 e. The van der Waals surface area contributed by atoms with E-state index in [-0.39, 0.29) is 11.8 Å². The lowest BCUT2D eigenvalue weighted by Gasteiger charge is -2.32. The number of ether oxygens (including phenoxy) is 1. The molecule has 4 aromatic rings. The number of carbonyl (C=O) groups is 1. The van der Waals surface area contributed by atoms with Gasteiger partial charge in [-0.1, -0.05) is 18.2 Å². The monoisotopic (exact) mass is 440 g/mol. The van der Waals surface area contributed by atoms with Crippen LogP contribution in [0.3, 0.4) is 0 Å². The van der Waals surface area contributed by atoms with Gasteiger partial charge in [0.05, 0.1) is 12.2 Å². The molecule has 1 unspecified atom stereocenters. The number of para-hydroxylation sites is 1. The number of piperidine rings is 1. The zero-order valence-electron chi connectivity index (χ0n) is 18.1. The summed E-state index contributed by atoms with van der Waals surface area (Å²) >= 11 is 0. The summed E-state index contributed by atoms with van der Waals surface area (Å²) in [4.78, 5) is 15.0.